The normalized spacial score (nSPS) is 14.5. The summed E-state index contributed by atoms with van der Waals surface area (Å²) in [5, 5.41) is 4.99. The zero-order chi connectivity index (χ0) is 24.1. The van der Waals surface area contributed by atoms with Crippen LogP contribution in [-0.4, -0.2) is 23.6 Å². The third-order valence-electron chi connectivity index (χ3n) is 6.11. The van der Waals surface area contributed by atoms with Gasteiger partial charge in [-0.2, -0.15) is 0 Å². The predicted octanol–water partition coefficient (Wildman–Crippen LogP) is 5.47. The largest absolute Gasteiger partial charge is 0.351 e. The second-order valence-corrected chi connectivity index (χ2v) is 9.57. The van der Waals surface area contributed by atoms with Gasteiger partial charge in [-0.15, -0.1) is 11.3 Å². The number of para-hydroxylation sites is 1. The van der Waals surface area contributed by atoms with Crippen molar-refractivity contribution in [1.82, 2.24) is 5.32 Å². The fourth-order valence-electron chi connectivity index (χ4n) is 4.46. The Morgan fingerprint density at radius 1 is 1.03 bits per heavy atom. The average molecular weight is 479 g/mol. The van der Waals surface area contributed by atoms with E-state index in [2.05, 4.69) is 5.32 Å². The van der Waals surface area contributed by atoms with E-state index in [-0.39, 0.29) is 30.1 Å². The summed E-state index contributed by atoms with van der Waals surface area (Å²) in [6, 6.07) is 15.1. The lowest BCUT2D eigenvalue weighted by Gasteiger charge is -2.33. The van der Waals surface area contributed by atoms with Gasteiger partial charge >= 0.3 is 0 Å². The molecule has 1 aliphatic rings. The second kappa shape index (κ2) is 10.7. The number of carbonyl (C=O) groups excluding carboxylic acids is 3. The van der Waals surface area contributed by atoms with Gasteiger partial charge in [0.2, 0.25) is 11.8 Å². The van der Waals surface area contributed by atoms with Crippen molar-refractivity contribution in [3.05, 3.63) is 87.9 Å². The molecule has 1 heterocycles. The van der Waals surface area contributed by atoms with Crippen molar-refractivity contribution in [2.75, 3.05) is 4.90 Å². The van der Waals surface area contributed by atoms with Crippen molar-refractivity contribution in [2.45, 2.75) is 51.1 Å². The Kier molecular flexibility index (Phi) is 7.53. The molecular weight excluding hydrogens is 451 g/mol. The van der Waals surface area contributed by atoms with E-state index in [1.165, 1.54) is 47.4 Å². The van der Waals surface area contributed by atoms with E-state index in [0.29, 0.717) is 16.8 Å². The molecule has 0 aliphatic heterocycles. The van der Waals surface area contributed by atoms with Crippen LogP contribution in [0.1, 0.15) is 59.4 Å². The fourth-order valence-corrected chi connectivity index (χ4v) is 5.16. The molecule has 0 saturated heterocycles. The molecule has 5 nitrogen and oxygen atoms in total. The van der Waals surface area contributed by atoms with E-state index in [1.54, 1.807) is 24.3 Å². The van der Waals surface area contributed by atoms with Crippen molar-refractivity contribution in [3.63, 3.8) is 0 Å². The molecule has 3 aromatic rings. The number of hydrogen-bond donors (Lipinski definition) is 1. The lowest BCUT2D eigenvalue weighted by atomic mass is 9.99. The molecule has 1 aromatic heterocycles. The quantitative estimate of drug-likeness (QED) is 0.437. The van der Waals surface area contributed by atoms with Gasteiger partial charge in [-0.3, -0.25) is 19.3 Å². The number of Topliss-reactive ketones (excluding diaryl/α,β-unsaturated/α-hetero) is 1. The van der Waals surface area contributed by atoms with Gasteiger partial charge in [0.25, 0.3) is 0 Å². The molecule has 1 saturated carbocycles. The Hall–Kier alpha value is -3.32. The minimum Gasteiger partial charge on any atom is -0.351 e. The van der Waals surface area contributed by atoms with Crippen molar-refractivity contribution in [2.24, 2.45) is 0 Å². The predicted molar refractivity (Wildman–Crippen MR) is 131 cm³/mol. The van der Waals surface area contributed by atoms with Gasteiger partial charge < -0.3 is 5.32 Å². The zero-order valence-corrected chi connectivity index (χ0v) is 19.8. The minimum absolute atomic E-state index is 0.0350. The van der Waals surface area contributed by atoms with Crippen LogP contribution in [0.15, 0.2) is 66.0 Å². The fraction of sp³-hybridized carbons (Fsp3) is 0.296. The highest BCUT2D eigenvalue weighted by atomic mass is 32.1. The van der Waals surface area contributed by atoms with Crippen LogP contribution >= 0.6 is 11.3 Å². The van der Waals surface area contributed by atoms with Crippen LogP contribution in [0.2, 0.25) is 0 Å². The van der Waals surface area contributed by atoms with E-state index < -0.39 is 11.9 Å². The molecule has 0 bridgehead atoms. The van der Waals surface area contributed by atoms with Gasteiger partial charge in [0.05, 0.1) is 12.1 Å². The molecule has 0 radical (unpaired) electrons. The summed E-state index contributed by atoms with van der Waals surface area (Å²) >= 11 is 1.45. The monoisotopic (exact) mass is 478 g/mol. The standard InChI is InChI=1S/C27H27FN2O3S/c1-18(31)23-10-4-5-11-24(23)30(25(32)17-22-9-6-16-34-22)26(19-12-14-20(28)15-13-19)27(33)29-21-7-2-3-8-21/h4-6,9-16,21,26H,2-3,7-8,17H2,1H3,(H,29,33)/t26-/m0/s1. The van der Waals surface area contributed by atoms with Gasteiger partial charge in [0.15, 0.2) is 5.78 Å². The van der Waals surface area contributed by atoms with Crippen molar-refractivity contribution < 1.29 is 18.8 Å². The first-order chi connectivity index (χ1) is 16.4. The lowest BCUT2D eigenvalue weighted by Crippen LogP contribution is -2.47. The molecule has 1 atom stereocenters. The van der Waals surface area contributed by atoms with Crippen LogP contribution in [-0.2, 0) is 16.0 Å². The smallest absolute Gasteiger partial charge is 0.248 e. The molecule has 2 amide bonds. The topological polar surface area (TPSA) is 66.5 Å². The first-order valence-corrected chi connectivity index (χ1v) is 12.3. The molecule has 2 aromatic carbocycles. The van der Waals surface area contributed by atoms with Crippen molar-refractivity contribution in [1.29, 1.82) is 0 Å². The molecule has 1 N–H and O–H groups in total. The van der Waals surface area contributed by atoms with Gasteiger partial charge in [-0.25, -0.2) is 4.39 Å². The maximum Gasteiger partial charge on any atom is 0.248 e. The van der Waals surface area contributed by atoms with E-state index in [9.17, 15) is 18.8 Å². The first-order valence-electron chi connectivity index (χ1n) is 11.4. The van der Waals surface area contributed by atoms with Crippen LogP contribution in [0.4, 0.5) is 10.1 Å². The van der Waals surface area contributed by atoms with Crippen molar-refractivity contribution in [3.8, 4) is 0 Å². The maximum atomic E-state index is 13.8. The highest BCUT2D eigenvalue weighted by molar-refractivity contribution is 7.10. The van der Waals surface area contributed by atoms with E-state index in [0.717, 1.165) is 30.6 Å². The number of carbonyl (C=O) groups is 3. The van der Waals surface area contributed by atoms with Crippen LogP contribution in [0.5, 0.6) is 0 Å². The molecule has 7 heteroatoms. The average Bonchev–Trinajstić information content (AvgIpc) is 3.52. The summed E-state index contributed by atoms with van der Waals surface area (Å²) < 4.78 is 13.8. The lowest BCUT2D eigenvalue weighted by molar-refractivity contribution is -0.127. The number of ketones is 1. The van der Waals surface area contributed by atoms with E-state index in [1.807, 2.05) is 17.5 Å². The maximum absolute atomic E-state index is 13.8. The SMILES string of the molecule is CC(=O)c1ccccc1N(C(=O)Cc1cccs1)[C@H](C(=O)NC1CCCC1)c1ccc(F)cc1. The Morgan fingerprint density at radius 2 is 1.74 bits per heavy atom. The van der Waals surface area contributed by atoms with Crippen LogP contribution in [0, 0.1) is 5.82 Å². The Bertz CT molecular complexity index is 1150. The molecular formula is C27H27FN2O3S. The molecule has 1 aliphatic carbocycles. The van der Waals surface area contributed by atoms with Crippen LogP contribution < -0.4 is 10.2 Å². The number of nitrogens with one attached hydrogen (secondary N) is 1. The van der Waals surface area contributed by atoms with Crippen molar-refractivity contribution >= 4 is 34.6 Å². The second-order valence-electron chi connectivity index (χ2n) is 8.54. The van der Waals surface area contributed by atoms with Gasteiger partial charge in [-0.05, 0) is 61.0 Å². The van der Waals surface area contributed by atoms with Crippen LogP contribution in [0.25, 0.3) is 0 Å². The van der Waals surface area contributed by atoms with Gasteiger partial charge in [0.1, 0.15) is 11.9 Å². The number of anilines is 1. The molecule has 0 spiro atoms. The summed E-state index contributed by atoms with van der Waals surface area (Å²) in [5.41, 5.74) is 1.20. The molecule has 34 heavy (non-hydrogen) atoms. The summed E-state index contributed by atoms with van der Waals surface area (Å²) in [6.07, 6.45) is 3.93. The molecule has 1 fully saturated rings. The Labute approximate surface area is 202 Å². The number of halogens is 1. The third-order valence-corrected chi connectivity index (χ3v) is 6.99. The number of amides is 2. The van der Waals surface area contributed by atoms with Gasteiger partial charge in [0, 0.05) is 16.5 Å². The number of rotatable bonds is 8. The highest BCUT2D eigenvalue weighted by Gasteiger charge is 2.35. The number of nitrogens with zero attached hydrogens (tertiary/aromatic N) is 1. The van der Waals surface area contributed by atoms with E-state index in [4.69, 9.17) is 0 Å². The summed E-state index contributed by atoms with van der Waals surface area (Å²) in [6.45, 7) is 1.44. The summed E-state index contributed by atoms with van der Waals surface area (Å²) in [7, 11) is 0. The Balaban J connectivity index is 1.82. The van der Waals surface area contributed by atoms with Gasteiger partial charge in [-0.1, -0.05) is 43.2 Å². The third kappa shape index (κ3) is 5.42. The molecule has 0 unspecified atom stereocenters. The van der Waals surface area contributed by atoms with Crippen LogP contribution in [0.3, 0.4) is 0 Å². The first kappa shape index (κ1) is 23.8. The number of thiophene rings is 1. The number of benzene rings is 2. The number of hydrogen-bond acceptors (Lipinski definition) is 4. The Morgan fingerprint density at radius 3 is 2.38 bits per heavy atom. The molecule has 4 rings (SSSR count). The summed E-state index contributed by atoms with van der Waals surface area (Å²) in [5.74, 6) is -1.29. The highest BCUT2D eigenvalue weighted by Crippen LogP contribution is 2.33. The summed E-state index contributed by atoms with van der Waals surface area (Å²) in [4.78, 5) is 42.2. The van der Waals surface area contributed by atoms with E-state index >= 15 is 0 Å². The zero-order valence-electron chi connectivity index (χ0n) is 19.0. The minimum atomic E-state index is -1.05. The molecule has 176 valence electrons.